The molecule has 2 heterocycles. The van der Waals surface area contributed by atoms with Gasteiger partial charge in [0.25, 0.3) is 5.91 Å². The van der Waals surface area contributed by atoms with Gasteiger partial charge < -0.3 is 14.5 Å². The maximum absolute atomic E-state index is 12.8. The number of nitrogens with one attached hydrogen (secondary N) is 1. The van der Waals surface area contributed by atoms with Crippen molar-refractivity contribution in [1.82, 2.24) is 15.1 Å². The molecule has 0 bridgehead atoms. The predicted octanol–water partition coefficient (Wildman–Crippen LogP) is 3.92. The number of hydrogen-bond acceptors (Lipinski definition) is 4. The largest absolute Gasteiger partial charge is 0.497 e. The van der Waals surface area contributed by atoms with Gasteiger partial charge in [-0.1, -0.05) is 13.8 Å². The lowest BCUT2D eigenvalue weighted by atomic mass is 10.1. The molecule has 6 nitrogen and oxygen atoms in total. The summed E-state index contributed by atoms with van der Waals surface area (Å²) in [5, 5.41) is 7.60. The Morgan fingerprint density at radius 2 is 1.92 bits per heavy atom. The zero-order valence-corrected chi connectivity index (χ0v) is 15.4. The molecule has 1 atom stereocenters. The van der Waals surface area contributed by atoms with Gasteiger partial charge in [-0.3, -0.25) is 4.79 Å². The molecule has 0 saturated heterocycles. The van der Waals surface area contributed by atoms with E-state index in [2.05, 4.69) is 24.3 Å². The predicted molar refractivity (Wildman–Crippen MR) is 99.6 cm³/mol. The van der Waals surface area contributed by atoms with Crippen molar-refractivity contribution in [2.75, 3.05) is 7.11 Å². The maximum atomic E-state index is 12.8. The van der Waals surface area contributed by atoms with Crippen LogP contribution in [0, 0.1) is 5.92 Å². The first-order chi connectivity index (χ1) is 12.5. The molecule has 1 aromatic carbocycles. The molecule has 0 aliphatic rings. The normalized spacial score (nSPS) is 12.2. The van der Waals surface area contributed by atoms with Crippen molar-refractivity contribution >= 4 is 5.91 Å². The average Bonchev–Trinajstić information content (AvgIpc) is 3.31. The monoisotopic (exact) mass is 353 g/mol. The molecule has 6 heteroatoms. The number of carbonyl (C=O) groups excluding carboxylic acids is 1. The van der Waals surface area contributed by atoms with E-state index in [4.69, 9.17) is 9.15 Å². The molecule has 0 unspecified atom stereocenters. The van der Waals surface area contributed by atoms with Gasteiger partial charge in [0.2, 0.25) is 0 Å². The van der Waals surface area contributed by atoms with E-state index in [-0.39, 0.29) is 11.9 Å². The van der Waals surface area contributed by atoms with Crippen molar-refractivity contribution in [2.24, 2.45) is 5.92 Å². The molecule has 0 fully saturated rings. The molecular weight excluding hydrogens is 330 g/mol. The Kier molecular flexibility index (Phi) is 5.11. The molecular formula is C20H23N3O3. The van der Waals surface area contributed by atoms with Crippen LogP contribution in [-0.4, -0.2) is 28.8 Å². The van der Waals surface area contributed by atoms with Gasteiger partial charge in [-0.15, -0.1) is 0 Å². The van der Waals surface area contributed by atoms with Crippen LogP contribution in [0.5, 0.6) is 5.75 Å². The van der Waals surface area contributed by atoms with Crippen LogP contribution in [0.15, 0.2) is 53.1 Å². The topological polar surface area (TPSA) is 69.3 Å². The Balaban J connectivity index is 2.01. The summed E-state index contributed by atoms with van der Waals surface area (Å²) in [6, 6.07) is 12.8. The van der Waals surface area contributed by atoms with E-state index < -0.39 is 0 Å². The second-order valence-electron chi connectivity index (χ2n) is 6.51. The zero-order valence-electron chi connectivity index (χ0n) is 15.4. The number of benzene rings is 1. The molecule has 136 valence electrons. The van der Waals surface area contributed by atoms with E-state index in [1.165, 1.54) is 0 Å². The van der Waals surface area contributed by atoms with Crippen LogP contribution >= 0.6 is 0 Å². The minimum atomic E-state index is -0.174. The van der Waals surface area contributed by atoms with Crippen molar-refractivity contribution in [3.63, 3.8) is 0 Å². The van der Waals surface area contributed by atoms with Crippen molar-refractivity contribution in [3.05, 3.63) is 54.4 Å². The van der Waals surface area contributed by atoms with E-state index in [0.29, 0.717) is 23.1 Å². The maximum Gasteiger partial charge on any atom is 0.270 e. The van der Waals surface area contributed by atoms with Crippen LogP contribution in [-0.2, 0) is 0 Å². The Bertz CT molecular complexity index is 864. The highest BCUT2D eigenvalue weighted by Crippen LogP contribution is 2.23. The fourth-order valence-electron chi connectivity index (χ4n) is 2.46. The second-order valence-corrected chi connectivity index (χ2v) is 6.51. The third-order valence-corrected chi connectivity index (χ3v) is 4.39. The molecule has 0 saturated carbocycles. The number of hydrogen-bond donors (Lipinski definition) is 1. The summed E-state index contributed by atoms with van der Waals surface area (Å²) in [6.45, 7) is 6.13. The van der Waals surface area contributed by atoms with Crippen LogP contribution < -0.4 is 10.1 Å². The van der Waals surface area contributed by atoms with Gasteiger partial charge in [0, 0.05) is 12.1 Å². The third kappa shape index (κ3) is 3.64. The minimum absolute atomic E-state index is 0.0498. The number of nitrogens with zero attached hydrogens (tertiary/aromatic N) is 2. The number of methoxy groups -OCH3 is 1. The number of carbonyl (C=O) groups is 1. The van der Waals surface area contributed by atoms with Gasteiger partial charge >= 0.3 is 0 Å². The highest BCUT2D eigenvalue weighted by Gasteiger charge is 2.21. The first-order valence-electron chi connectivity index (χ1n) is 8.59. The Morgan fingerprint density at radius 1 is 1.19 bits per heavy atom. The van der Waals surface area contributed by atoms with E-state index >= 15 is 0 Å². The van der Waals surface area contributed by atoms with E-state index in [0.717, 1.165) is 11.4 Å². The fraction of sp³-hybridized carbons (Fsp3) is 0.300. The Morgan fingerprint density at radius 3 is 2.50 bits per heavy atom. The first kappa shape index (κ1) is 17.8. The number of amides is 1. The second kappa shape index (κ2) is 7.47. The average molecular weight is 353 g/mol. The molecule has 1 amide bonds. The summed E-state index contributed by atoms with van der Waals surface area (Å²) < 4.78 is 12.3. The number of furan rings is 1. The lowest BCUT2D eigenvalue weighted by Gasteiger charge is -2.17. The Hall–Kier alpha value is -3.02. The smallest absolute Gasteiger partial charge is 0.270 e. The van der Waals surface area contributed by atoms with E-state index in [9.17, 15) is 4.79 Å². The lowest BCUT2D eigenvalue weighted by Crippen LogP contribution is -2.37. The molecule has 0 aliphatic carbocycles. The summed E-state index contributed by atoms with van der Waals surface area (Å²) in [7, 11) is 1.62. The van der Waals surface area contributed by atoms with E-state index in [1.54, 1.807) is 30.2 Å². The summed E-state index contributed by atoms with van der Waals surface area (Å²) >= 11 is 0. The molecule has 3 rings (SSSR count). The standard InChI is InChI=1S/C20H23N3O3/c1-13(2)14(3)21-20(24)18-12-17(19-6-5-11-26-19)22-23(18)15-7-9-16(25-4)10-8-15/h5-14H,1-4H3,(H,21,24)/t14-/m0/s1. The number of rotatable bonds is 6. The van der Waals surface area contributed by atoms with Crippen LogP contribution in [0.1, 0.15) is 31.3 Å². The van der Waals surface area contributed by atoms with Gasteiger partial charge in [0.1, 0.15) is 17.1 Å². The first-order valence-corrected chi connectivity index (χ1v) is 8.59. The molecule has 0 spiro atoms. The molecule has 3 aromatic rings. The third-order valence-electron chi connectivity index (χ3n) is 4.39. The van der Waals surface area contributed by atoms with Crippen molar-refractivity contribution < 1.29 is 13.9 Å². The van der Waals surface area contributed by atoms with Crippen LogP contribution in [0.4, 0.5) is 0 Å². The van der Waals surface area contributed by atoms with Crippen molar-refractivity contribution in [3.8, 4) is 22.9 Å². The highest BCUT2D eigenvalue weighted by molar-refractivity contribution is 5.94. The van der Waals surface area contributed by atoms with Gasteiger partial charge in [-0.25, -0.2) is 4.68 Å². The molecule has 0 aliphatic heterocycles. The number of aromatic nitrogens is 2. The summed E-state index contributed by atoms with van der Waals surface area (Å²) in [5.74, 6) is 1.52. The van der Waals surface area contributed by atoms with Gasteiger partial charge in [0.15, 0.2) is 5.76 Å². The van der Waals surface area contributed by atoms with Crippen LogP contribution in [0.3, 0.4) is 0 Å². The summed E-state index contributed by atoms with van der Waals surface area (Å²) in [6.07, 6.45) is 1.59. The van der Waals surface area contributed by atoms with Crippen molar-refractivity contribution in [2.45, 2.75) is 26.8 Å². The minimum Gasteiger partial charge on any atom is -0.497 e. The SMILES string of the molecule is COc1ccc(-n2nc(-c3ccco3)cc2C(=O)N[C@@H](C)C(C)C)cc1. The van der Waals surface area contributed by atoms with Crippen LogP contribution in [0.25, 0.3) is 17.1 Å². The van der Waals surface area contributed by atoms with E-state index in [1.807, 2.05) is 37.3 Å². The highest BCUT2D eigenvalue weighted by atomic mass is 16.5. The quantitative estimate of drug-likeness (QED) is 0.729. The molecule has 1 N–H and O–H groups in total. The van der Waals surface area contributed by atoms with Crippen molar-refractivity contribution in [1.29, 1.82) is 0 Å². The molecule has 2 aromatic heterocycles. The number of ether oxygens (including phenoxy) is 1. The van der Waals surface area contributed by atoms with Gasteiger partial charge in [-0.05, 0) is 49.2 Å². The molecule has 26 heavy (non-hydrogen) atoms. The fourth-order valence-corrected chi connectivity index (χ4v) is 2.46. The molecule has 0 radical (unpaired) electrons. The lowest BCUT2D eigenvalue weighted by molar-refractivity contribution is 0.0922. The zero-order chi connectivity index (χ0) is 18.7. The Labute approximate surface area is 152 Å². The van der Waals surface area contributed by atoms with Gasteiger partial charge in [-0.2, -0.15) is 5.10 Å². The van der Waals surface area contributed by atoms with Gasteiger partial charge in [0.05, 0.1) is 19.1 Å². The summed E-state index contributed by atoms with van der Waals surface area (Å²) in [4.78, 5) is 12.8. The van der Waals surface area contributed by atoms with Crippen LogP contribution in [0.2, 0.25) is 0 Å². The summed E-state index contributed by atoms with van der Waals surface area (Å²) in [5.41, 5.74) is 1.83.